The number of amides is 2. The van der Waals surface area contributed by atoms with Crippen molar-refractivity contribution in [3.63, 3.8) is 0 Å². The van der Waals surface area contributed by atoms with Crippen LogP contribution in [0.15, 0.2) is 0 Å². The lowest BCUT2D eigenvalue weighted by atomic mass is 9.96. The van der Waals surface area contributed by atoms with Gasteiger partial charge in [0.2, 0.25) is 0 Å². The van der Waals surface area contributed by atoms with Crippen LogP contribution < -0.4 is 5.32 Å². The van der Waals surface area contributed by atoms with Crippen molar-refractivity contribution in [2.75, 3.05) is 13.1 Å². The van der Waals surface area contributed by atoms with Crippen LogP contribution in [0.1, 0.15) is 46.0 Å². The van der Waals surface area contributed by atoms with Gasteiger partial charge in [-0.2, -0.15) is 0 Å². The third kappa shape index (κ3) is 4.55. The molecule has 1 aliphatic rings. The number of aliphatic carboxylic acids is 1. The van der Waals surface area contributed by atoms with E-state index in [4.69, 9.17) is 5.11 Å². The van der Waals surface area contributed by atoms with Gasteiger partial charge in [0.05, 0.1) is 6.42 Å². The van der Waals surface area contributed by atoms with Gasteiger partial charge in [0.25, 0.3) is 0 Å². The molecular weight excluding hydrogens is 232 g/mol. The Balaban J connectivity index is 2.45. The Bertz CT molecular complexity index is 294. The van der Waals surface area contributed by atoms with Crippen molar-refractivity contribution in [3.8, 4) is 0 Å². The van der Waals surface area contributed by atoms with Gasteiger partial charge in [-0.1, -0.05) is 20.3 Å². The van der Waals surface area contributed by atoms with Crippen LogP contribution in [-0.2, 0) is 4.79 Å². The molecule has 1 heterocycles. The van der Waals surface area contributed by atoms with E-state index < -0.39 is 5.97 Å². The van der Waals surface area contributed by atoms with Crippen molar-refractivity contribution < 1.29 is 14.7 Å². The summed E-state index contributed by atoms with van der Waals surface area (Å²) in [4.78, 5) is 24.5. The van der Waals surface area contributed by atoms with E-state index in [1.165, 1.54) is 6.42 Å². The third-order valence-electron chi connectivity index (χ3n) is 3.62. The molecule has 1 aliphatic heterocycles. The van der Waals surface area contributed by atoms with Gasteiger partial charge in [-0.25, -0.2) is 4.79 Å². The number of hydrogen-bond acceptors (Lipinski definition) is 2. The first-order valence-corrected chi connectivity index (χ1v) is 6.84. The first kappa shape index (κ1) is 14.8. The molecule has 0 aliphatic carbocycles. The molecule has 1 rings (SSSR count). The van der Waals surface area contributed by atoms with E-state index in [9.17, 15) is 9.59 Å². The predicted molar refractivity (Wildman–Crippen MR) is 69.5 cm³/mol. The first-order chi connectivity index (χ1) is 8.56. The van der Waals surface area contributed by atoms with Crippen molar-refractivity contribution in [3.05, 3.63) is 0 Å². The molecule has 0 radical (unpaired) electrons. The van der Waals surface area contributed by atoms with Crippen LogP contribution in [0.25, 0.3) is 0 Å². The van der Waals surface area contributed by atoms with Crippen molar-refractivity contribution in [1.29, 1.82) is 0 Å². The number of carbonyl (C=O) groups excluding carboxylic acids is 1. The summed E-state index contributed by atoms with van der Waals surface area (Å²) in [6, 6.07) is -0.377. The molecule has 2 unspecified atom stereocenters. The number of piperidine rings is 1. The Labute approximate surface area is 109 Å². The largest absolute Gasteiger partial charge is 0.481 e. The number of urea groups is 1. The molecule has 2 N–H and O–H groups in total. The van der Waals surface area contributed by atoms with Gasteiger partial charge < -0.3 is 15.3 Å². The molecular formula is C13H24N2O3. The molecule has 0 aromatic heterocycles. The maximum absolute atomic E-state index is 12.0. The molecule has 5 heteroatoms. The van der Waals surface area contributed by atoms with Crippen LogP contribution in [0, 0.1) is 5.92 Å². The number of rotatable bonds is 5. The lowest BCUT2D eigenvalue weighted by Crippen LogP contribution is -2.48. The first-order valence-electron chi connectivity index (χ1n) is 6.84. The van der Waals surface area contributed by atoms with Crippen LogP contribution in [0.2, 0.25) is 0 Å². The molecule has 5 nitrogen and oxygen atoms in total. The van der Waals surface area contributed by atoms with Gasteiger partial charge in [0.1, 0.15) is 0 Å². The lowest BCUT2D eigenvalue weighted by Gasteiger charge is -2.33. The minimum Gasteiger partial charge on any atom is -0.481 e. The molecule has 1 saturated heterocycles. The number of hydrogen-bond donors (Lipinski definition) is 2. The fourth-order valence-electron chi connectivity index (χ4n) is 2.36. The maximum atomic E-state index is 12.0. The Morgan fingerprint density at radius 1 is 1.44 bits per heavy atom. The van der Waals surface area contributed by atoms with Crippen LogP contribution in [0.3, 0.4) is 0 Å². The van der Waals surface area contributed by atoms with Crippen molar-refractivity contribution >= 4 is 12.0 Å². The summed E-state index contributed by atoms with van der Waals surface area (Å²) in [5, 5.41) is 11.6. The highest BCUT2D eigenvalue weighted by atomic mass is 16.4. The summed E-state index contributed by atoms with van der Waals surface area (Å²) in [6.07, 6.45) is 3.96. The minimum atomic E-state index is -0.868. The monoisotopic (exact) mass is 256 g/mol. The maximum Gasteiger partial charge on any atom is 0.317 e. The zero-order valence-electron chi connectivity index (χ0n) is 11.3. The zero-order valence-corrected chi connectivity index (χ0v) is 11.3. The fraction of sp³-hybridized carbons (Fsp3) is 0.846. The van der Waals surface area contributed by atoms with E-state index in [1.54, 1.807) is 0 Å². The van der Waals surface area contributed by atoms with E-state index in [1.807, 2.05) is 11.8 Å². The lowest BCUT2D eigenvalue weighted by molar-refractivity contribution is -0.137. The van der Waals surface area contributed by atoms with Crippen molar-refractivity contribution in [1.82, 2.24) is 10.2 Å². The minimum absolute atomic E-state index is 0.00666. The molecule has 0 bridgehead atoms. The van der Waals surface area contributed by atoms with Crippen LogP contribution in [0.5, 0.6) is 0 Å². The number of likely N-dealkylation sites (tertiary alicyclic amines) is 1. The quantitative estimate of drug-likeness (QED) is 0.791. The number of nitrogens with one attached hydrogen (secondary N) is 1. The fourth-order valence-corrected chi connectivity index (χ4v) is 2.36. The average molecular weight is 256 g/mol. The summed E-state index contributed by atoms with van der Waals surface area (Å²) in [5.74, 6) is -0.281. The normalized spacial score (nSPS) is 21.4. The summed E-state index contributed by atoms with van der Waals surface area (Å²) in [6.45, 7) is 5.61. The molecule has 0 saturated carbocycles. The molecule has 1 fully saturated rings. The summed E-state index contributed by atoms with van der Waals surface area (Å²) in [5.41, 5.74) is 0. The van der Waals surface area contributed by atoms with Gasteiger partial charge in [0.15, 0.2) is 0 Å². The van der Waals surface area contributed by atoms with Gasteiger partial charge in [-0.05, 0) is 25.2 Å². The van der Waals surface area contributed by atoms with Crippen LogP contribution in [-0.4, -0.2) is 41.1 Å². The van der Waals surface area contributed by atoms with E-state index in [2.05, 4.69) is 12.2 Å². The number of carboxylic acids is 1. The third-order valence-corrected chi connectivity index (χ3v) is 3.62. The topological polar surface area (TPSA) is 69.6 Å². The molecule has 2 amide bonds. The molecule has 0 aromatic carbocycles. The van der Waals surface area contributed by atoms with E-state index >= 15 is 0 Å². The molecule has 18 heavy (non-hydrogen) atoms. The van der Waals surface area contributed by atoms with Gasteiger partial charge in [-0.15, -0.1) is 0 Å². The van der Waals surface area contributed by atoms with E-state index in [-0.39, 0.29) is 18.5 Å². The standard InChI is InChI=1S/C13H24N2O3/c1-3-10-6-5-7-15(9-10)13(18)14-11(4-2)8-12(16)17/h10-11H,3-9H2,1-2H3,(H,14,18)(H,16,17). The highest BCUT2D eigenvalue weighted by Crippen LogP contribution is 2.19. The van der Waals surface area contributed by atoms with Gasteiger partial charge >= 0.3 is 12.0 Å². The number of carbonyl (C=O) groups is 2. The molecule has 0 spiro atoms. The average Bonchev–Trinajstić information content (AvgIpc) is 2.37. The van der Waals surface area contributed by atoms with Gasteiger partial charge in [-0.3, -0.25) is 4.79 Å². The smallest absolute Gasteiger partial charge is 0.317 e. The Morgan fingerprint density at radius 3 is 2.72 bits per heavy atom. The van der Waals surface area contributed by atoms with Crippen molar-refractivity contribution in [2.45, 2.75) is 52.0 Å². The number of nitrogens with zero attached hydrogens (tertiary/aromatic N) is 1. The highest BCUT2D eigenvalue weighted by Gasteiger charge is 2.24. The Morgan fingerprint density at radius 2 is 2.17 bits per heavy atom. The molecule has 104 valence electrons. The second-order valence-corrected chi connectivity index (χ2v) is 5.02. The van der Waals surface area contributed by atoms with Crippen LogP contribution >= 0.6 is 0 Å². The highest BCUT2D eigenvalue weighted by molar-refractivity contribution is 5.76. The second kappa shape index (κ2) is 7.24. The van der Waals surface area contributed by atoms with Crippen LogP contribution in [0.4, 0.5) is 4.79 Å². The van der Waals surface area contributed by atoms with Crippen molar-refractivity contribution in [2.24, 2.45) is 5.92 Å². The molecule has 2 atom stereocenters. The summed E-state index contributed by atoms with van der Waals surface area (Å²) < 4.78 is 0. The zero-order chi connectivity index (χ0) is 13.5. The second-order valence-electron chi connectivity index (χ2n) is 5.02. The Kier molecular flexibility index (Phi) is 5.95. The van der Waals surface area contributed by atoms with E-state index in [0.29, 0.717) is 12.3 Å². The predicted octanol–water partition coefficient (Wildman–Crippen LogP) is 2.07. The van der Waals surface area contributed by atoms with Gasteiger partial charge in [0, 0.05) is 19.1 Å². The molecule has 0 aromatic rings. The summed E-state index contributed by atoms with van der Waals surface area (Å²) >= 11 is 0. The number of carboxylic acid groups (broad SMARTS) is 1. The summed E-state index contributed by atoms with van der Waals surface area (Å²) in [7, 11) is 0. The van der Waals surface area contributed by atoms with E-state index in [0.717, 1.165) is 25.9 Å². The Hall–Kier alpha value is -1.26. The SMILES string of the molecule is CCC1CCCN(C(=O)NC(CC)CC(=O)O)C1.